The summed E-state index contributed by atoms with van der Waals surface area (Å²) >= 11 is 0. The molecule has 1 aromatic heterocycles. The molecule has 0 bridgehead atoms. The molecule has 128 valence electrons. The van der Waals surface area contributed by atoms with E-state index in [0.29, 0.717) is 22.2 Å². The average molecular weight is 339 g/mol. The molecule has 3 heterocycles. The minimum atomic E-state index is -1.12. The van der Waals surface area contributed by atoms with Gasteiger partial charge in [0.2, 0.25) is 5.43 Å². The Morgan fingerprint density at radius 3 is 2.88 bits per heavy atom. The third-order valence-corrected chi connectivity index (χ3v) is 5.34. The molecule has 3 aromatic rings. The number of phenolic OH excluding ortho intramolecular Hbond substituents is 1. The molecule has 3 atom stereocenters. The third-order valence-electron chi connectivity index (χ3n) is 5.34. The number of hydrogen-bond acceptors (Lipinski definition) is 5. The molecule has 0 aliphatic carbocycles. The highest BCUT2D eigenvalue weighted by Gasteiger charge is 2.53. The van der Waals surface area contributed by atoms with Gasteiger partial charge in [-0.15, -0.1) is 0 Å². The van der Waals surface area contributed by atoms with E-state index in [2.05, 4.69) is 0 Å². The molecular weight excluding hydrogens is 322 g/mol. The van der Waals surface area contributed by atoms with Crippen LogP contribution < -0.4 is 10.2 Å². The molecule has 5 rings (SSSR count). The van der Waals surface area contributed by atoms with Gasteiger partial charge in [0, 0.05) is 18.5 Å². The van der Waals surface area contributed by atoms with E-state index in [4.69, 9.17) is 9.47 Å². The van der Waals surface area contributed by atoms with Crippen molar-refractivity contribution in [1.29, 1.82) is 0 Å². The molecule has 6 nitrogen and oxygen atoms in total. The summed E-state index contributed by atoms with van der Waals surface area (Å²) in [4.78, 5) is 13.0. The molecule has 0 saturated carbocycles. The van der Waals surface area contributed by atoms with Crippen molar-refractivity contribution in [2.24, 2.45) is 7.05 Å². The second-order valence-electron chi connectivity index (χ2n) is 7.06. The summed E-state index contributed by atoms with van der Waals surface area (Å²) in [6.45, 7) is 1.83. The number of para-hydroxylation sites is 1. The third kappa shape index (κ3) is 1.73. The van der Waals surface area contributed by atoms with Gasteiger partial charge in [-0.1, -0.05) is 12.1 Å². The van der Waals surface area contributed by atoms with Crippen molar-refractivity contribution in [1.82, 2.24) is 4.57 Å². The van der Waals surface area contributed by atoms with Crippen molar-refractivity contribution in [3.8, 4) is 11.5 Å². The van der Waals surface area contributed by atoms with Gasteiger partial charge in [-0.05, 0) is 19.1 Å². The predicted molar refractivity (Wildman–Crippen MR) is 92.1 cm³/mol. The molecule has 0 spiro atoms. The fourth-order valence-corrected chi connectivity index (χ4v) is 4.12. The molecule has 0 unspecified atom stereocenters. The molecule has 2 aliphatic rings. The Morgan fingerprint density at radius 2 is 2.08 bits per heavy atom. The minimum Gasteiger partial charge on any atom is -0.507 e. The van der Waals surface area contributed by atoms with E-state index in [1.54, 1.807) is 19.1 Å². The monoisotopic (exact) mass is 339 g/mol. The lowest BCUT2D eigenvalue weighted by Crippen LogP contribution is -2.40. The summed E-state index contributed by atoms with van der Waals surface area (Å²) in [7, 11) is 1.85. The van der Waals surface area contributed by atoms with Crippen molar-refractivity contribution >= 4 is 21.8 Å². The maximum absolute atomic E-state index is 13.0. The highest BCUT2D eigenvalue weighted by Crippen LogP contribution is 2.51. The number of aromatic hydroxyl groups is 1. The fourth-order valence-electron chi connectivity index (χ4n) is 4.12. The van der Waals surface area contributed by atoms with Crippen LogP contribution in [0.3, 0.4) is 0 Å². The number of aryl methyl sites for hydroxylation is 1. The molecule has 2 aliphatic heterocycles. The number of hydrogen-bond donors (Lipinski definition) is 2. The lowest BCUT2D eigenvalue weighted by molar-refractivity contribution is -0.0146. The normalized spacial score (nSPS) is 27.5. The van der Waals surface area contributed by atoms with Crippen LogP contribution in [0.25, 0.3) is 21.8 Å². The van der Waals surface area contributed by atoms with Crippen LogP contribution in [0.15, 0.2) is 35.1 Å². The lowest BCUT2D eigenvalue weighted by Gasteiger charge is -2.21. The Kier molecular flexibility index (Phi) is 2.67. The van der Waals surface area contributed by atoms with Gasteiger partial charge in [0.1, 0.15) is 23.2 Å². The summed E-state index contributed by atoms with van der Waals surface area (Å²) < 4.78 is 13.6. The van der Waals surface area contributed by atoms with Crippen LogP contribution in [0, 0.1) is 0 Å². The Bertz CT molecular complexity index is 1110. The molecule has 25 heavy (non-hydrogen) atoms. The summed E-state index contributed by atoms with van der Waals surface area (Å²) in [5.41, 5.74) is 0.712. The number of rotatable bonds is 0. The van der Waals surface area contributed by atoms with Crippen LogP contribution in [0.2, 0.25) is 0 Å². The smallest absolute Gasteiger partial charge is 0.200 e. The molecular formula is C19H17NO5. The molecule has 6 heteroatoms. The number of nitrogens with zero attached hydrogens (tertiary/aromatic N) is 1. The Balaban J connectivity index is 1.96. The summed E-state index contributed by atoms with van der Waals surface area (Å²) in [5, 5.41) is 21.8. The van der Waals surface area contributed by atoms with Crippen molar-refractivity contribution < 1.29 is 19.7 Å². The molecule has 0 radical (unpaired) electrons. The molecule has 2 aromatic carbocycles. The first-order valence-corrected chi connectivity index (χ1v) is 8.18. The zero-order valence-corrected chi connectivity index (χ0v) is 13.8. The lowest BCUT2D eigenvalue weighted by atomic mass is 9.95. The van der Waals surface area contributed by atoms with Crippen LogP contribution in [-0.4, -0.2) is 33.1 Å². The van der Waals surface area contributed by atoms with E-state index >= 15 is 0 Å². The molecule has 1 fully saturated rings. The quantitative estimate of drug-likeness (QED) is 0.612. The summed E-state index contributed by atoms with van der Waals surface area (Å²) in [6.07, 6.45) is -1.03. The van der Waals surface area contributed by atoms with Crippen LogP contribution in [0.5, 0.6) is 11.5 Å². The van der Waals surface area contributed by atoms with Gasteiger partial charge < -0.3 is 24.3 Å². The van der Waals surface area contributed by atoms with Gasteiger partial charge in [0.15, 0.2) is 6.10 Å². The molecule has 1 saturated heterocycles. The molecule has 0 amide bonds. The van der Waals surface area contributed by atoms with Gasteiger partial charge in [0.05, 0.1) is 28.6 Å². The van der Waals surface area contributed by atoms with Crippen LogP contribution in [0.4, 0.5) is 0 Å². The van der Waals surface area contributed by atoms with E-state index < -0.39 is 17.8 Å². The maximum atomic E-state index is 13.0. The first-order valence-electron chi connectivity index (χ1n) is 8.18. The second-order valence-corrected chi connectivity index (χ2v) is 7.06. The predicted octanol–water partition coefficient (Wildman–Crippen LogP) is 1.98. The second kappa shape index (κ2) is 4.53. The Hall–Kier alpha value is -2.57. The van der Waals surface area contributed by atoms with Gasteiger partial charge in [0.25, 0.3) is 0 Å². The first-order chi connectivity index (χ1) is 11.9. The van der Waals surface area contributed by atoms with E-state index in [1.807, 2.05) is 23.7 Å². The van der Waals surface area contributed by atoms with Crippen LogP contribution in [-0.2, 0) is 11.8 Å². The van der Waals surface area contributed by atoms with Crippen molar-refractivity contribution in [2.75, 3.05) is 6.61 Å². The highest BCUT2D eigenvalue weighted by atomic mass is 16.6. The van der Waals surface area contributed by atoms with E-state index in [9.17, 15) is 15.0 Å². The van der Waals surface area contributed by atoms with E-state index in [-0.39, 0.29) is 23.2 Å². The van der Waals surface area contributed by atoms with Gasteiger partial charge >= 0.3 is 0 Å². The minimum absolute atomic E-state index is 0.125. The number of benzene rings is 2. The fraction of sp³-hybridized carbons (Fsp3) is 0.316. The van der Waals surface area contributed by atoms with Crippen molar-refractivity contribution in [3.63, 3.8) is 0 Å². The average Bonchev–Trinajstić information content (AvgIpc) is 3.09. The SMILES string of the molecule is Cn1c2ccccc2c(=O)c2c(O)cc3c(c21)[C@@H]1OC[C@@](C)(O)[C@@H]1O3. The van der Waals surface area contributed by atoms with Crippen molar-refractivity contribution in [2.45, 2.75) is 24.7 Å². The number of fused-ring (bicyclic) bond motifs is 6. The Labute approximate surface area is 142 Å². The number of pyridine rings is 1. The maximum Gasteiger partial charge on any atom is 0.200 e. The number of aromatic nitrogens is 1. The van der Waals surface area contributed by atoms with Gasteiger partial charge in [-0.2, -0.15) is 0 Å². The zero-order chi connectivity index (χ0) is 17.5. The topological polar surface area (TPSA) is 80.9 Å². The number of phenols is 1. The standard InChI is InChI=1S/C19H17NO5/c1-19(23)8-24-17-14-12(25-18(17)19)7-11(21)13-15(14)20(2)10-6-4-3-5-9(10)16(13)22/h3-7,17-18,21,23H,8H2,1-2H3/t17-,18+,19+/m0/s1. The van der Waals surface area contributed by atoms with Gasteiger partial charge in [-0.25, -0.2) is 0 Å². The van der Waals surface area contributed by atoms with Crippen molar-refractivity contribution in [3.05, 3.63) is 46.1 Å². The summed E-state index contributed by atoms with van der Waals surface area (Å²) in [5.74, 6) is 0.324. The number of aliphatic hydroxyl groups is 1. The summed E-state index contributed by atoms with van der Waals surface area (Å²) in [6, 6.07) is 8.74. The van der Waals surface area contributed by atoms with E-state index in [1.165, 1.54) is 6.07 Å². The van der Waals surface area contributed by atoms with Gasteiger partial charge in [-0.3, -0.25) is 4.79 Å². The van der Waals surface area contributed by atoms with E-state index in [0.717, 1.165) is 5.52 Å². The van der Waals surface area contributed by atoms with Crippen LogP contribution >= 0.6 is 0 Å². The Morgan fingerprint density at radius 1 is 1.32 bits per heavy atom. The number of ether oxygens (including phenoxy) is 2. The highest BCUT2D eigenvalue weighted by molar-refractivity contribution is 5.99. The first kappa shape index (κ1) is 14.7. The van der Waals surface area contributed by atoms with Crippen LogP contribution in [0.1, 0.15) is 18.6 Å². The molecule has 2 N–H and O–H groups in total. The largest absolute Gasteiger partial charge is 0.507 e. The zero-order valence-electron chi connectivity index (χ0n) is 13.8.